The number of hydrogen-bond acceptors (Lipinski definition) is 4. The minimum atomic E-state index is -0.537. The van der Waals surface area contributed by atoms with Gasteiger partial charge in [-0.05, 0) is 31.0 Å². The molecule has 0 saturated heterocycles. The third-order valence-electron chi connectivity index (χ3n) is 4.04. The van der Waals surface area contributed by atoms with E-state index in [0.29, 0.717) is 13.1 Å². The monoisotopic (exact) mass is 279 g/mol. The van der Waals surface area contributed by atoms with Gasteiger partial charge in [-0.25, -0.2) is 0 Å². The molecule has 0 heterocycles. The molecule has 0 spiro atoms. The van der Waals surface area contributed by atoms with Gasteiger partial charge < -0.3 is 19.9 Å². The zero-order chi connectivity index (χ0) is 14.4. The normalized spacial score (nSPS) is 17.8. The third-order valence-corrected chi connectivity index (χ3v) is 4.04. The highest BCUT2D eigenvalue weighted by Gasteiger charge is 2.28. The number of nitrogens with one attached hydrogen (secondary N) is 1. The molecule has 0 aliphatic heterocycles. The standard InChI is InChI=1S/C16H25NO3/c1-19-14-6-7-15(20-2)13(10-14)11-17-12-16(18)8-4-3-5-9-16/h6-7,10,17-18H,3-5,8-9,11-12H2,1-2H3. The maximum Gasteiger partial charge on any atom is 0.123 e. The Morgan fingerprint density at radius 2 is 1.90 bits per heavy atom. The van der Waals surface area contributed by atoms with Crippen LogP contribution in [0.15, 0.2) is 18.2 Å². The van der Waals surface area contributed by atoms with Crippen LogP contribution >= 0.6 is 0 Å². The minimum absolute atomic E-state index is 0.537. The van der Waals surface area contributed by atoms with E-state index in [2.05, 4.69) is 5.32 Å². The van der Waals surface area contributed by atoms with Crippen LogP contribution in [0.4, 0.5) is 0 Å². The Hall–Kier alpha value is -1.26. The molecule has 20 heavy (non-hydrogen) atoms. The molecular weight excluding hydrogens is 254 g/mol. The van der Waals surface area contributed by atoms with Gasteiger partial charge in [-0.2, -0.15) is 0 Å². The summed E-state index contributed by atoms with van der Waals surface area (Å²) >= 11 is 0. The average Bonchev–Trinajstić information content (AvgIpc) is 2.47. The first-order valence-electron chi connectivity index (χ1n) is 7.31. The first kappa shape index (κ1) is 15.1. The van der Waals surface area contributed by atoms with Gasteiger partial charge in [-0.3, -0.25) is 0 Å². The molecular formula is C16H25NO3. The Morgan fingerprint density at radius 1 is 1.15 bits per heavy atom. The van der Waals surface area contributed by atoms with Crippen LogP contribution in [0.3, 0.4) is 0 Å². The number of aliphatic hydroxyl groups is 1. The van der Waals surface area contributed by atoms with Crippen LogP contribution in [0.1, 0.15) is 37.7 Å². The van der Waals surface area contributed by atoms with Crippen molar-refractivity contribution in [1.29, 1.82) is 0 Å². The minimum Gasteiger partial charge on any atom is -0.497 e. The van der Waals surface area contributed by atoms with E-state index in [1.807, 2.05) is 18.2 Å². The van der Waals surface area contributed by atoms with E-state index in [1.165, 1.54) is 6.42 Å². The van der Waals surface area contributed by atoms with Gasteiger partial charge >= 0.3 is 0 Å². The van der Waals surface area contributed by atoms with E-state index in [0.717, 1.165) is 42.7 Å². The fourth-order valence-electron chi connectivity index (χ4n) is 2.84. The van der Waals surface area contributed by atoms with Crippen LogP contribution < -0.4 is 14.8 Å². The zero-order valence-corrected chi connectivity index (χ0v) is 12.4. The maximum atomic E-state index is 10.5. The molecule has 112 valence electrons. The van der Waals surface area contributed by atoms with Crippen molar-refractivity contribution in [2.45, 2.75) is 44.2 Å². The van der Waals surface area contributed by atoms with Gasteiger partial charge in [0.2, 0.25) is 0 Å². The second kappa shape index (κ2) is 6.95. The van der Waals surface area contributed by atoms with Crippen LogP contribution in [0.2, 0.25) is 0 Å². The highest BCUT2D eigenvalue weighted by Crippen LogP contribution is 2.28. The van der Waals surface area contributed by atoms with E-state index in [9.17, 15) is 5.11 Å². The quantitative estimate of drug-likeness (QED) is 0.840. The lowest BCUT2D eigenvalue weighted by Gasteiger charge is -2.32. The molecule has 4 heteroatoms. The molecule has 1 aliphatic carbocycles. The Kier molecular flexibility index (Phi) is 5.26. The molecule has 0 amide bonds. The summed E-state index contributed by atoms with van der Waals surface area (Å²) in [7, 11) is 3.32. The SMILES string of the molecule is COc1ccc(OC)c(CNCC2(O)CCCCC2)c1. The van der Waals surface area contributed by atoms with Gasteiger partial charge in [0, 0.05) is 18.7 Å². The van der Waals surface area contributed by atoms with Crippen LogP contribution in [0, 0.1) is 0 Å². The van der Waals surface area contributed by atoms with Crippen molar-refractivity contribution in [2.75, 3.05) is 20.8 Å². The summed E-state index contributed by atoms with van der Waals surface area (Å²) in [6.07, 6.45) is 5.29. The summed E-state index contributed by atoms with van der Waals surface area (Å²) < 4.78 is 10.6. The van der Waals surface area contributed by atoms with Crippen LogP contribution in [0.5, 0.6) is 11.5 Å². The van der Waals surface area contributed by atoms with Crippen molar-refractivity contribution in [3.05, 3.63) is 23.8 Å². The summed E-state index contributed by atoms with van der Waals surface area (Å²) in [6, 6.07) is 5.76. The smallest absolute Gasteiger partial charge is 0.123 e. The van der Waals surface area contributed by atoms with E-state index < -0.39 is 5.60 Å². The molecule has 0 bridgehead atoms. The highest BCUT2D eigenvalue weighted by atomic mass is 16.5. The summed E-state index contributed by atoms with van der Waals surface area (Å²) in [4.78, 5) is 0. The molecule has 0 radical (unpaired) electrons. The molecule has 0 unspecified atom stereocenters. The van der Waals surface area contributed by atoms with Crippen molar-refractivity contribution in [3.8, 4) is 11.5 Å². The Bertz CT molecular complexity index is 428. The van der Waals surface area contributed by atoms with Crippen LogP contribution in [-0.4, -0.2) is 31.5 Å². The number of methoxy groups -OCH3 is 2. The van der Waals surface area contributed by atoms with Gasteiger partial charge in [0.15, 0.2) is 0 Å². The second-order valence-electron chi connectivity index (χ2n) is 5.57. The zero-order valence-electron chi connectivity index (χ0n) is 12.4. The number of hydrogen-bond donors (Lipinski definition) is 2. The highest BCUT2D eigenvalue weighted by molar-refractivity contribution is 5.40. The number of ether oxygens (including phenoxy) is 2. The van der Waals surface area contributed by atoms with Crippen LogP contribution in [0.25, 0.3) is 0 Å². The first-order chi connectivity index (χ1) is 9.67. The van der Waals surface area contributed by atoms with Gasteiger partial charge in [0.05, 0.1) is 19.8 Å². The Labute approximate surface area is 121 Å². The first-order valence-corrected chi connectivity index (χ1v) is 7.31. The summed E-state index contributed by atoms with van der Waals surface area (Å²) in [6.45, 7) is 1.30. The van der Waals surface area contributed by atoms with Gasteiger partial charge in [-0.15, -0.1) is 0 Å². The van der Waals surface area contributed by atoms with E-state index >= 15 is 0 Å². The largest absolute Gasteiger partial charge is 0.497 e. The van der Waals surface area contributed by atoms with Gasteiger partial charge in [-0.1, -0.05) is 19.3 Å². The average molecular weight is 279 g/mol. The topological polar surface area (TPSA) is 50.7 Å². The van der Waals surface area contributed by atoms with E-state index in [-0.39, 0.29) is 0 Å². The van der Waals surface area contributed by atoms with Crippen molar-refractivity contribution in [1.82, 2.24) is 5.32 Å². The van der Waals surface area contributed by atoms with Crippen LogP contribution in [-0.2, 0) is 6.54 Å². The molecule has 1 aliphatic rings. The van der Waals surface area contributed by atoms with Gasteiger partial charge in [0.1, 0.15) is 11.5 Å². The third kappa shape index (κ3) is 3.87. The predicted octanol–water partition coefficient (Wildman–Crippen LogP) is 2.49. The van der Waals surface area contributed by atoms with Crippen molar-refractivity contribution >= 4 is 0 Å². The lowest BCUT2D eigenvalue weighted by molar-refractivity contribution is 0.00464. The summed E-state index contributed by atoms with van der Waals surface area (Å²) in [5, 5.41) is 13.8. The molecule has 2 N–H and O–H groups in total. The molecule has 2 rings (SSSR count). The summed E-state index contributed by atoms with van der Waals surface area (Å²) in [5.41, 5.74) is 0.510. The summed E-state index contributed by atoms with van der Waals surface area (Å²) in [5.74, 6) is 1.66. The lowest BCUT2D eigenvalue weighted by atomic mass is 9.85. The predicted molar refractivity (Wildman–Crippen MR) is 79.3 cm³/mol. The molecule has 0 aromatic heterocycles. The fourth-order valence-corrected chi connectivity index (χ4v) is 2.84. The number of benzene rings is 1. The Balaban J connectivity index is 1.92. The Morgan fingerprint density at radius 3 is 2.55 bits per heavy atom. The molecule has 0 atom stereocenters. The van der Waals surface area contributed by atoms with Crippen molar-refractivity contribution < 1.29 is 14.6 Å². The van der Waals surface area contributed by atoms with Crippen molar-refractivity contribution in [2.24, 2.45) is 0 Å². The molecule has 4 nitrogen and oxygen atoms in total. The van der Waals surface area contributed by atoms with E-state index in [1.54, 1.807) is 14.2 Å². The fraction of sp³-hybridized carbons (Fsp3) is 0.625. The second-order valence-corrected chi connectivity index (χ2v) is 5.57. The van der Waals surface area contributed by atoms with Crippen molar-refractivity contribution in [3.63, 3.8) is 0 Å². The lowest BCUT2D eigenvalue weighted by Crippen LogP contribution is -2.41. The molecule has 1 aromatic carbocycles. The maximum absolute atomic E-state index is 10.5. The molecule has 1 fully saturated rings. The van der Waals surface area contributed by atoms with E-state index in [4.69, 9.17) is 9.47 Å². The number of rotatable bonds is 6. The van der Waals surface area contributed by atoms with Gasteiger partial charge in [0.25, 0.3) is 0 Å². The molecule has 1 saturated carbocycles. The molecule has 1 aromatic rings.